The van der Waals surface area contributed by atoms with E-state index in [4.69, 9.17) is 0 Å². The van der Waals surface area contributed by atoms with Gasteiger partial charge in [-0.15, -0.1) is 0 Å². The predicted octanol–water partition coefficient (Wildman–Crippen LogP) is 1.81. The zero-order valence-corrected chi connectivity index (χ0v) is 13.5. The first-order chi connectivity index (χ1) is 11.2. The third-order valence-electron chi connectivity index (χ3n) is 5.22. The van der Waals surface area contributed by atoms with Crippen LogP contribution >= 0.6 is 0 Å². The number of carbonyl (C=O) groups is 2. The quantitative estimate of drug-likeness (QED) is 0.921. The molecule has 6 nitrogen and oxygen atoms in total. The van der Waals surface area contributed by atoms with Crippen LogP contribution < -0.4 is 5.32 Å². The molecule has 2 heterocycles. The van der Waals surface area contributed by atoms with Crippen LogP contribution in [0.25, 0.3) is 0 Å². The Morgan fingerprint density at radius 1 is 1.17 bits per heavy atom. The summed E-state index contributed by atoms with van der Waals surface area (Å²) in [7, 11) is 0. The van der Waals surface area contributed by atoms with Gasteiger partial charge in [-0.25, -0.2) is 0 Å². The second kappa shape index (κ2) is 5.98. The second-order valence-electron chi connectivity index (χ2n) is 7.14. The Kier molecular flexibility index (Phi) is 3.83. The maximum Gasteiger partial charge on any atom is 0.272 e. The van der Waals surface area contributed by atoms with Crippen molar-refractivity contribution < 1.29 is 9.59 Å². The largest absolute Gasteiger partial charge is 0.348 e. The number of hydrogen-bond donors (Lipinski definition) is 1. The summed E-state index contributed by atoms with van der Waals surface area (Å²) in [4.78, 5) is 26.8. The highest BCUT2D eigenvalue weighted by Crippen LogP contribution is 2.30. The standard InChI is InChI=1S/C17H24N4O2/c22-16(18-13-4-2-1-3-5-13)14-10-15-17(23)20(11-12-6-7-12)8-9-21(15)19-14/h10,12-13H,1-9,11H2,(H,18,22). The summed E-state index contributed by atoms with van der Waals surface area (Å²) < 4.78 is 1.70. The summed E-state index contributed by atoms with van der Waals surface area (Å²) in [6, 6.07) is 1.93. The SMILES string of the molecule is O=C(NC1CCCCC1)c1cc2n(n1)CCN(CC1CC1)C2=O. The highest BCUT2D eigenvalue weighted by Gasteiger charge is 2.32. The Balaban J connectivity index is 1.44. The molecule has 3 aliphatic rings. The van der Waals surface area contributed by atoms with Crippen LogP contribution in [0.5, 0.6) is 0 Å². The lowest BCUT2D eigenvalue weighted by molar-refractivity contribution is 0.0688. The predicted molar refractivity (Wildman–Crippen MR) is 85.2 cm³/mol. The van der Waals surface area contributed by atoms with Crippen LogP contribution in [0, 0.1) is 5.92 Å². The van der Waals surface area contributed by atoms with Gasteiger partial charge in [0.15, 0.2) is 5.69 Å². The minimum atomic E-state index is -0.139. The number of nitrogens with one attached hydrogen (secondary N) is 1. The first kappa shape index (κ1) is 14.7. The van der Waals surface area contributed by atoms with E-state index in [0.717, 1.165) is 19.4 Å². The summed E-state index contributed by atoms with van der Waals surface area (Å²) in [6.45, 7) is 2.24. The summed E-state index contributed by atoms with van der Waals surface area (Å²) >= 11 is 0. The van der Waals surface area contributed by atoms with Crippen LogP contribution in [0.15, 0.2) is 6.07 Å². The maximum atomic E-state index is 12.5. The normalized spacial score (nSPS) is 22.1. The van der Waals surface area contributed by atoms with Crippen molar-refractivity contribution in [2.24, 2.45) is 5.92 Å². The lowest BCUT2D eigenvalue weighted by Crippen LogP contribution is -2.41. The molecule has 0 bridgehead atoms. The molecule has 6 heteroatoms. The topological polar surface area (TPSA) is 67.2 Å². The molecule has 2 aliphatic carbocycles. The van der Waals surface area contributed by atoms with Gasteiger partial charge in [0.05, 0.1) is 6.54 Å². The van der Waals surface area contributed by atoms with Crippen LogP contribution in [-0.4, -0.2) is 45.6 Å². The molecular weight excluding hydrogens is 292 g/mol. The molecule has 4 rings (SSSR count). The fourth-order valence-electron chi connectivity index (χ4n) is 3.64. The Morgan fingerprint density at radius 2 is 1.96 bits per heavy atom. The lowest BCUT2D eigenvalue weighted by Gasteiger charge is -2.27. The molecule has 0 atom stereocenters. The second-order valence-corrected chi connectivity index (χ2v) is 7.14. The number of carbonyl (C=O) groups excluding carboxylic acids is 2. The molecule has 124 valence electrons. The van der Waals surface area contributed by atoms with Gasteiger partial charge in [-0.05, 0) is 31.6 Å². The molecule has 1 N–H and O–H groups in total. The van der Waals surface area contributed by atoms with E-state index < -0.39 is 0 Å². The molecule has 1 aromatic heterocycles. The molecule has 2 amide bonds. The van der Waals surface area contributed by atoms with Crippen molar-refractivity contribution >= 4 is 11.8 Å². The van der Waals surface area contributed by atoms with Crippen molar-refractivity contribution in [3.8, 4) is 0 Å². The van der Waals surface area contributed by atoms with Crippen LogP contribution in [-0.2, 0) is 6.54 Å². The van der Waals surface area contributed by atoms with Gasteiger partial charge in [0.25, 0.3) is 11.8 Å². The molecule has 0 unspecified atom stereocenters. The van der Waals surface area contributed by atoms with E-state index >= 15 is 0 Å². The van der Waals surface area contributed by atoms with Crippen molar-refractivity contribution in [3.63, 3.8) is 0 Å². The molecule has 0 saturated heterocycles. The van der Waals surface area contributed by atoms with Gasteiger partial charge in [-0.1, -0.05) is 19.3 Å². The molecular formula is C17H24N4O2. The van der Waals surface area contributed by atoms with E-state index in [1.54, 1.807) is 10.7 Å². The Hall–Kier alpha value is -1.85. The van der Waals surface area contributed by atoms with Crippen molar-refractivity contribution in [2.75, 3.05) is 13.1 Å². The first-order valence-corrected chi connectivity index (χ1v) is 8.89. The van der Waals surface area contributed by atoms with Crippen LogP contribution in [0.1, 0.15) is 65.9 Å². The fraction of sp³-hybridized carbons (Fsp3) is 0.706. The van der Waals surface area contributed by atoms with Crippen molar-refractivity contribution in [2.45, 2.75) is 57.5 Å². The minimum Gasteiger partial charge on any atom is -0.348 e. The molecule has 2 fully saturated rings. The van der Waals surface area contributed by atoms with Crippen LogP contribution in [0.2, 0.25) is 0 Å². The van der Waals surface area contributed by atoms with Crippen LogP contribution in [0.4, 0.5) is 0 Å². The highest BCUT2D eigenvalue weighted by atomic mass is 16.2. The number of fused-ring (bicyclic) bond motifs is 1. The third kappa shape index (κ3) is 3.12. The van der Waals surface area contributed by atoms with E-state index in [1.165, 1.54) is 32.1 Å². The molecule has 2 saturated carbocycles. The molecule has 1 aromatic rings. The monoisotopic (exact) mass is 316 g/mol. The van der Waals surface area contributed by atoms with Gasteiger partial charge in [-0.2, -0.15) is 5.10 Å². The zero-order chi connectivity index (χ0) is 15.8. The molecule has 0 spiro atoms. The van der Waals surface area contributed by atoms with E-state index in [1.807, 2.05) is 4.90 Å². The lowest BCUT2D eigenvalue weighted by atomic mass is 9.95. The summed E-state index contributed by atoms with van der Waals surface area (Å²) in [5.74, 6) is 0.565. The third-order valence-corrected chi connectivity index (χ3v) is 5.22. The van der Waals surface area contributed by atoms with E-state index in [-0.39, 0.29) is 17.9 Å². The van der Waals surface area contributed by atoms with E-state index in [2.05, 4.69) is 10.4 Å². The Labute approximate surface area is 136 Å². The summed E-state index contributed by atoms with van der Waals surface area (Å²) in [6.07, 6.45) is 8.19. The van der Waals surface area contributed by atoms with Crippen molar-refractivity contribution in [3.05, 3.63) is 17.5 Å². The number of rotatable bonds is 4. The maximum absolute atomic E-state index is 12.5. The number of aromatic nitrogens is 2. The summed E-state index contributed by atoms with van der Waals surface area (Å²) in [5.41, 5.74) is 0.942. The summed E-state index contributed by atoms with van der Waals surface area (Å²) in [5, 5.41) is 7.43. The van der Waals surface area contributed by atoms with Gasteiger partial charge < -0.3 is 10.2 Å². The fourth-order valence-corrected chi connectivity index (χ4v) is 3.64. The zero-order valence-electron chi connectivity index (χ0n) is 13.5. The van der Waals surface area contributed by atoms with Gasteiger partial charge in [0, 0.05) is 25.2 Å². The van der Waals surface area contributed by atoms with Gasteiger partial charge >= 0.3 is 0 Å². The number of hydrogen-bond acceptors (Lipinski definition) is 3. The minimum absolute atomic E-state index is 0.0207. The molecule has 0 aromatic carbocycles. The van der Waals surface area contributed by atoms with Gasteiger partial charge in [-0.3, -0.25) is 14.3 Å². The number of nitrogens with zero attached hydrogens (tertiary/aromatic N) is 3. The Morgan fingerprint density at radius 3 is 2.70 bits per heavy atom. The van der Waals surface area contributed by atoms with Gasteiger partial charge in [0.1, 0.15) is 5.69 Å². The highest BCUT2D eigenvalue weighted by molar-refractivity contribution is 5.98. The van der Waals surface area contributed by atoms with E-state index in [0.29, 0.717) is 30.4 Å². The Bertz CT molecular complexity index is 614. The molecule has 23 heavy (non-hydrogen) atoms. The average Bonchev–Trinajstić information content (AvgIpc) is 3.26. The van der Waals surface area contributed by atoms with Crippen molar-refractivity contribution in [1.82, 2.24) is 20.0 Å². The smallest absolute Gasteiger partial charge is 0.272 e. The molecule has 0 radical (unpaired) electrons. The van der Waals surface area contributed by atoms with E-state index in [9.17, 15) is 9.59 Å². The van der Waals surface area contributed by atoms with Crippen LogP contribution in [0.3, 0.4) is 0 Å². The van der Waals surface area contributed by atoms with Gasteiger partial charge in [0.2, 0.25) is 0 Å². The molecule has 1 aliphatic heterocycles. The first-order valence-electron chi connectivity index (χ1n) is 8.89. The number of amides is 2. The van der Waals surface area contributed by atoms with Crippen molar-refractivity contribution in [1.29, 1.82) is 0 Å². The average molecular weight is 316 g/mol.